The van der Waals surface area contributed by atoms with E-state index in [0.717, 1.165) is 29.1 Å². The van der Waals surface area contributed by atoms with E-state index in [1.165, 1.54) is 16.9 Å². The maximum atomic E-state index is 12.3. The fraction of sp³-hybridized carbons (Fsp3) is 0.304. The van der Waals surface area contributed by atoms with Crippen LogP contribution in [0, 0.1) is 6.92 Å². The minimum atomic E-state index is -0.0259. The first kappa shape index (κ1) is 21.0. The number of rotatable bonds is 9. The number of ether oxygens (including phenoxy) is 1. The normalized spacial score (nSPS) is 10.9. The Morgan fingerprint density at radius 2 is 1.90 bits per heavy atom. The van der Waals surface area contributed by atoms with Crippen LogP contribution >= 0.6 is 11.3 Å². The van der Waals surface area contributed by atoms with E-state index in [0.29, 0.717) is 24.6 Å². The number of amides is 1. The number of hydrogen-bond donors (Lipinski definition) is 1. The Kier molecular flexibility index (Phi) is 7.38. The maximum absolute atomic E-state index is 12.3. The molecule has 0 bridgehead atoms. The van der Waals surface area contributed by atoms with Gasteiger partial charge in [-0.2, -0.15) is 0 Å². The van der Waals surface area contributed by atoms with Crippen LogP contribution in [0.1, 0.15) is 17.5 Å². The Balaban J connectivity index is 1.59. The van der Waals surface area contributed by atoms with Crippen molar-refractivity contribution in [3.8, 4) is 17.0 Å². The van der Waals surface area contributed by atoms with Gasteiger partial charge in [0.25, 0.3) is 0 Å². The topological polar surface area (TPSA) is 54.5 Å². The zero-order chi connectivity index (χ0) is 20.6. The maximum Gasteiger partial charge on any atom is 0.226 e. The van der Waals surface area contributed by atoms with Crippen molar-refractivity contribution in [3.05, 3.63) is 65.0 Å². The second kappa shape index (κ2) is 10.2. The molecule has 0 unspecified atom stereocenters. The highest BCUT2D eigenvalue weighted by molar-refractivity contribution is 7.14. The third-order valence-corrected chi connectivity index (χ3v) is 5.23. The first-order valence-corrected chi connectivity index (χ1v) is 10.6. The summed E-state index contributed by atoms with van der Waals surface area (Å²) >= 11 is 1.43. The highest BCUT2D eigenvalue weighted by Crippen LogP contribution is 2.32. The van der Waals surface area contributed by atoms with E-state index < -0.39 is 0 Å². The summed E-state index contributed by atoms with van der Waals surface area (Å²) in [5.74, 6) is 0.777. The third-order valence-electron chi connectivity index (χ3n) is 4.47. The van der Waals surface area contributed by atoms with E-state index >= 15 is 0 Å². The van der Waals surface area contributed by atoms with Crippen molar-refractivity contribution in [3.63, 3.8) is 0 Å². The molecule has 0 fully saturated rings. The van der Waals surface area contributed by atoms with Gasteiger partial charge in [-0.1, -0.05) is 42.0 Å². The molecular weight excluding hydrogens is 382 g/mol. The fourth-order valence-corrected chi connectivity index (χ4v) is 3.52. The number of aryl methyl sites for hydroxylation is 2. The van der Waals surface area contributed by atoms with E-state index in [4.69, 9.17) is 4.74 Å². The molecule has 0 aliphatic rings. The number of nitrogens with zero attached hydrogens (tertiary/aromatic N) is 2. The van der Waals surface area contributed by atoms with Crippen molar-refractivity contribution in [2.45, 2.75) is 19.8 Å². The summed E-state index contributed by atoms with van der Waals surface area (Å²) in [5.41, 5.74) is 4.13. The van der Waals surface area contributed by atoms with Gasteiger partial charge in [-0.25, -0.2) is 4.98 Å². The first-order valence-electron chi connectivity index (χ1n) is 9.69. The molecule has 5 nitrogen and oxygen atoms in total. The summed E-state index contributed by atoms with van der Waals surface area (Å²) in [6.45, 7) is 3.51. The summed E-state index contributed by atoms with van der Waals surface area (Å²) < 4.78 is 5.92. The van der Waals surface area contributed by atoms with E-state index in [2.05, 4.69) is 46.4 Å². The van der Waals surface area contributed by atoms with E-state index in [1.54, 1.807) is 0 Å². The van der Waals surface area contributed by atoms with E-state index in [1.807, 2.05) is 43.7 Å². The zero-order valence-corrected chi connectivity index (χ0v) is 18.0. The molecule has 1 aromatic heterocycles. The van der Waals surface area contributed by atoms with Crippen molar-refractivity contribution in [2.24, 2.45) is 0 Å². The number of benzene rings is 2. The smallest absolute Gasteiger partial charge is 0.226 e. The number of carbonyl (C=O) groups is 1. The number of anilines is 1. The largest absolute Gasteiger partial charge is 0.492 e. The lowest BCUT2D eigenvalue weighted by Crippen LogP contribution is -2.19. The van der Waals surface area contributed by atoms with E-state index in [9.17, 15) is 4.79 Å². The van der Waals surface area contributed by atoms with Crippen LogP contribution in [0.2, 0.25) is 0 Å². The zero-order valence-electron chi connectivity index (χ0n) is 17.1. The highest BCUT2D eigenvalue weighted by Gasteiger charge is 2.12. The number of thiazole rings is 1. The van der Waals surface area contributed by atoms with Crippen molar-refractivity contribution < 1.29 is 9.53 Å². The predicted molar refractivity (Wildman–Crippen MR) is 120 cm³/mol. The summed E-state index contributed by atoms with van der Waals surface area (Å²) in [6, 6.07) is 16.1. The van der Waals surface area contributed by atoms with Gasteiger partial charge < -0.3 is 15.0 Å². The Bertz CT molecular complexity index is 935. The summed E-state index contributed by atoms with van der Waals surface area (Å²) in [4.78, 5) is 19.0. The molecular formula is C23H27N3O2S. The lowest BCUT2D eigenvalue weighted by Gasteiger charge is -2.13. The number of nitrogens with one attached hydrogen (secondary N) is 1. The molecule has 0 aliphatic carbocycles. The molecule has 0 saturated carbocycles. The van der Waals surface area contributed by atoms with Gasteiger partial charge in [0.1, 0.15) is 12.4 Å². The van der Waals surface area contributed by atoms with Gasteiger partial charge in [-0.3, -0.25) is 4.79 Å². The van der Waals surface area contributed by atoms with Crippen LogP contribution in [-0.4, -0.2) is 43.0 Å². The Morgan fingerprint density at radius 3 is 2.66 bits per heavy atom. The van der Waals surface area contributed by atoms with Crippen LogP contribution in [0.5, 0.6) is 5.75 Å². The molecule has 6 heteroatoms. The van der Waals surface area contributed by atoms with Crippen LogP contribution in [0.4, 0.5) is 5.13 Å². The molecule has 0 saturated heterocycles. The number of likely N-dealkylation sites (N-methyl/N-ethyl adjacent to an activating group) is 1. The molecule has 0 atom stereocenters. The summed E-state index contributed by atoms with van der Waals surface area (Å²) in [7, 11) is 4.03. The van der Waals surface area contributed by atoms with Crippen LogP contribution in [0.3, 0.4) is 0 Å². The van der Waals surface area contributed by atoms with Crippen molar-refractivity contribution >= 4 is 22.4 Å². The lowest BCUT2D eigenvalue weighted by molar-refractivity contribution is -0.116. The molecule has 3 aromatic rings. The van der Waals surface area contributed by atoms with Crippen LogP contribution < -0.4 is 10.1 Å². The molecule has 29 heavy (non-hydrogen) atoms. The Labute approximate surface area is 176 Å². The quantitative estimate of drug-likeness (QED) is 0.560. The van der Waals surface area contributed by atoms with Crippen LogP contribution in [-0.2, 0) is 11.2 Å². The van der Waals surface area contributed by atoms with Crippen molar-refractivity contribution in [1.29, 1.82) is 0 Å². The SMILES string of the molecule is Cc1ccc(CCC(=O)Nc2nc(-c3ccccc3OCCN(C)C)cs2)cc1. The molecule has 1 heterocycles. The lowest BCUT2D eigenvalue weighted by atomic mass is 10.1. The summed E-state index contributed by atoms with van der Waals surface area (Å²) in [5, 5.41) is 5.47. The molecule has 1 N–H and O–H groups in total. The molecule has 152 valence electrons. The molecule has 3 rings (SSSR count). The Morgan fingerprint density at radius 1 is 1.14 bits per heavy atom. The first-order chi connectivity index (χ1) is 14.0. The molecule has 0 spiro atoms. The third kappa shape index (κ3) is 6.41. The van der Waals surface area contributed by atoms with Crippen molar-refractivity contribution in [1.82, 2.24) is 9.88 Å². The molecule has 0 radical (unpaired) electrons. The predicted octanol–water partition coefficient (Wildman–Crippen LogP) is 4.63. The van der Waals surface area contributed by atoms with E-state index in [-0.39, 0.29) is 5.91 Å². The second-order valence-corrected chi connectivity index (χ2v) is 8.08. The fourth-order valence-electron chi connectivity index (χ4n) is 2.79. The van der Waals surface area contributed by atoms with Gasteiger partial charge in [-0.15, -0.1) is 11.3 Å². The monoisotopic (exact) mass is 409 g/mol. The van der Waals surface area contributed by atoms with Gasteiger partial charge in [-0.05, 0) is 45.1 Å². The number of hydrogen-bond acceptors (Lipinski definition) is 5. The van der Waals surface area contributed by atoms with Crippen molar-refractivity contribution in [2.75, 3.05) is 32.6 Å². The number of carbonyl (C=O) groups excluding carboxylic acids is 1. The minimum absolute atomic E-state index is 0.0259. The Hall–Kier alpha value is -2.70. The van der Waals surface area contributed by atoms with Gasteiger partial charge in [0.05, 0.1) is 5.69 Å². The van der Waals surface area contributed by atoms with Gasteiger partial charge in [0.2, 0.25) is 5.91 Å². The second-order valence-electron chi connectivity index (χ2n) is 7.22. The average Bonchev–Trinajstić information content (AvgIpc) is 3.16. The molecule has 1 amide bonds. The average molecular weight is 410 g/mol. The van der Waals surface area contributed by atoms with Crippen LogP contribution in [0.15, 0.2) is 53.9 Å². The molecule has 2 aromatic carbocycles. The number of para-hydroxylation sites is 1. The van der Waals surface area contributed by atoms with Crippen LogP contribution in [0.25, 0.3) is 11.3 Å². The van der Waals surface area contributed by atoms with Gasteiger partial charge >= 0.3 is 0 Å². The summed E-state index contributed by atoms with van der Waals surface area (Å²) in [6.07, 6.45) is 1.15. The van der Waals surface area contributed by atoms with Gasteiger partial charge in [0.15, 0.2) is 5.13 Å². The number of aromatic nitrogens is 1. The van der Waals surface area contributed by atoms with Gasteiger partial charge in [0, 0.05) is 23.9 Å². The minimum Gasteiger partial charge on any atom is -0.492 e. The highest BCUT2D eigenvalue weighted by atomic mass is 32.1. The molecule has 0 aliphatic heterocycles. The standard InChI is InChI=1S/C23H27N3O2S/c1-17-8-10-18(11-9-17)12-13-22(27)25-23-24-20(16-29-23)19-6-4-5-7-21(19)28-15-14-26(2)3/h4-11,16H,12-15H2,1-3H3,(H,24,25,27).